The lowest BCUT2D eigenvalue weighted by Gasteiger charge is -2.04. The van der Waals surface area contributed by atoms with Crippen LogP contribution < -0.4 is 5.32 Å². The predicted molar refractivity (Wildman–Crippen MR) is 105 cm³/mol. The minimum Gasteiger partial charge on any atom is -0.352 e. The van der Waals surface area contributed by atoms with Crippen molar-refractivity contribution in [2.24, 2.45) is 0 Å². The molecular weight excluding hydrogens is 391 g/mol. The van der Waals surface area contributed by atoms with Crippen LogP contribution in [0.15, 0.2) is 58.3 Å². The summed E-state index contributed by atoms with van der Waals surface area (Å²) in [6.07, 6.45) is 0.235. The van der Waals surface area contributed by atoms with E-state index in [-0.39, 0.29) is 18.1 Å². The van der Waals surface area contributed by atoms with Gasteiger partial charge in [-0.2, -0.15) is 0 Å². The summed E-state index contributed by atoms with van der Waals surface area (Å²) in [5.74, 6) is 0.418. The van der Waals surface area contributed by atoms with E-state index in [9.17, 15) is 9.18 Å². The number of rotatable bonds is 7. The van der Waals surface area contributed by atoms with Crippen LogP contribution in [0.3, 0.4) is 0 Å². The maximum Gasteiger partial charge on any atom is 0.226 e. The molecule has 0 fully saturated rings. The highest BCUT2D eigenvalue weighted by molar-refractivity contribution is 8.00. The second kappa shape index (κ2) is 9.16. The van der Waals surface area contributed by atoms with Crippen molar-refractivity contribution >= 4 is 40.6 Å². The molecule has 134 valence electrons. The van der Waals surface area contributed by atoms with Gasteiger partial charge in [0.25, 0.3) is 0 Å². The molecule has 0 spiro atoms. The molecule has 1 N–H and O–H groups in total. The van der Waals surface area contributed by atoms with E-state index in [2.05, 4.69) is 10.3 Å². The monoisotopic (exact) mass is 406 g/mol. The number of nitrogens with zero attached hydrogens (tertiary/aromatic N) is 1. The standard InChI is InChI=1S/C19H16ClFN2OS2/c20-15-5-1-14(2-6-15)11-25-19-23-17(12-26-19)9-18(24)22-10-13-3-7-16(21)8-4-13/h1-8,12H,9-11H2,(H,22,24). The van der Waals surface area contributed by atoms with Gasteiger partial charge in [-0.05, 0) is 35.4 Å². The fourth-order valence-electron chi connectivity index (χ4n) is 2.19. The molecule has 0 saturated heterocycles. The number of thiazole rings is 1. The van der Waals surface area contributed by atoms with Crippen molar-refractivity contribution in [2.75, 3.05) is 0 Å². The molecule has 0 unspecified atom stereocenters. The average Bonchev–Trinajstić information content (AvgIpc) is 3.08. The molecule has 0 bridgehead atoms. The molecule has 0 atom stereocenters. The highest BCUT2D eigenvalue weighted by Gasteiger charge is 2.08. The first-order chi connectivity index (χ1) is 12.6. The normalized spacial score (nSPS) is 10.7. The minimum absolute atomic E-state index is 0.103. The summed E-state index contributed by atoms with van der Waals surface area (Å²) in [4.78, 5) is 16.5. The maximum atomic E-state index is 12.9. The van der Waals surface area contributed by atoms with Crippen LogP contribution in [0.5, 0.6) is 0 Å². The Morgan fingerprint density at radius 1 is 1.12 bits per heavy atom. The number of amides is 1. The van der Waals surface area contributed by atoms with Crippen molar-refractivity contribution in [1.29, 1.82) is 0 Å². The molecular formula is C19H16ClFN2OS2. The Balaban J connectivity index is 1.45. The number of hydrogen-bond acceptors (Lipinski definition) is 4. The fourth-order valence-corrected chi connectivity index (χ4v) is 4.12. The number of nitrogens with one attached hydrogen (secondary N) is 1. The van der Waals surface area contributed by atoms with Crippen molar-refractivity contribution in [3.63, 3.8) is 0 Å². The topological polar surface area (TPSA) is 42.0 Å². The molecule has 0 aliphatic carbocycles. The van der Waals surface area contributed by atoms with Gasteiger partial charge in [0.05, 0.1) is 12.1 Å². The van der Waals surface area contributed by atoms with Gasteiger partial charge in [-0.25, -0.2) is 9.37 Å². The van der Waals surface area contributed by atoms with Gasteiger partial charge in [0, 0.05) is 22.7 Å². The summed E-state index contributed by atoms with van der Waals surface area (Å²) < 4.78 is 13.8. The average molecular weight is 407 g/mol. The van der Waals surface area contributed by atoms with E-state index in [4.69, 9.17) is 11.6 Å². The van der Waals surface area contributed by atoms with Gasteiger partial charge in [-0.3, -0.25) is 4.79 Å². The van der Waals surface area contributed by atoms with Crippen LogP contribution in [0, 0.1) is 5.82 Å². The van der Waals surface area contributed by atoms with E-state index >= 15 is 0 Å². The Morgan fingerprint density at radius 2 is 1.81 bits per heavy atom. The van der Waals surface area contributed by atoms with Crippen LogP contribution in [-0.4, -0.2) is 10.9 Å². The van der Waals surface area contributed by atoms with Crippen LogP contribution in [0.2, 0.25) is 5.02 Å². The molecule has 3 nitrogen and oxygen atoms in total. The van der Waals surface area contributed by atoms with Crippen molar-refractivity contribution in [3.8, 4) is 0 Å². The van der Waals surface area contributed by atoms with E-state index in [0.717, 1.165) is 26.4 Å². The van der Waals surface area contributed by atoms with Gasteiger partial charge in [-0.15, -0.1) is 11.3 Å². The van der Waals surface area contributed by atoms with Crippen LogP contribution in [-0.2, 0) is 23.5 Å². The van der Waals surface area contributed by atoms with E-state index in [1.54, 1.807) is 23.9 Å². The van der Waals surface area contributed by atoms with E-state index < -0.39 is 0 Å². The number of carbonyl (C=O) groups excluding carboxylic acids is 1. The molecule has 1 heterocycles. The number of benzene rings is 2. The van der Waals surface area contributed by atoms with Gasteiger partial charge < -0.3 is 5.32 Å². The fraction of sp³-hybridized carbons (Fsp3) is 0.158. The lowest BCUT2D eigenvalue weighted by molar-refractivity contribution is -0.120. The van der Waals surface area contributed by atoms with Crippen LogP contribution in [0.1, 0.15) is 16.8 Å². The highest BCUT2D eigenvalue weighted by Crippen LogP contribution is 2.26. The van der Waals surface area contributed by atoms with Crippen LogP contribution in [0.25, 0.3) is 0 Å². The maximum absolute atomic E-state index is 12.9. The summed E-state index contributed by atoms with van der Waals surface area (Å²) in [6, 6.07) is 13.8. The Hall–Kier alpha value is -1.89. The lowest BCUT2D eigenvalue weighted by Crippen LogP contribution is -2.24. The zero-order chi connectivity index (χ0) is 18.4. The Morgan fingerprint density at radius 3 is 2.54 bits per heavy atom. The largest absolute Gasteiger partial charge is 0.352 e. The third kappa shape index (κ3) is 5.83. The second-order valence-corrected chi connectivity index (χ2v) is 8.12. The number of carbonyl (C=O) groups is 1. The molecule has 3 rings (SSSR count). The first-order valence-electron chi connectivity index (χ1n) is 7.91. The summed E-state index contributed by atoms with van der Waals surface area (Å²) in [5.41, 5.74) is 2.79. The van der Waals surface area contributed by atoms with Gasteiger partial charge in [0.1, 0.15) is 10.2 Å². The third-order valence-corrected chi connectivity index (χ3v) is 5.94. The summed E-state index contributed by atoms with van der Waals surface area (Å²) in [5, 5.41) is 5.45. The van der Waals surface area contributed by atoms with E-state index in [1.165, 1.54) is 29.0 Å². The number of hydrogen-bond donors (Lipinski definition) is 1. The molecule has 1 aromatic heterocycles. The van der Waals surface area contributed by atoms with Gasteiger partial charge >= 0.3 is 0 Å². The van der Waals surface area contributed by atoms with E-state index in [1.807, 2.05) is 29.6 Å². The molecule has 7 heteroatoms. The summed E-state index contributed by atoms with van der Waals surface area (Å²) in [6.45, 7) is 0.376. The third-order valence-electron chi connectivity index (χ3n) is 3.55. The number of halogens is 2. The van der Waals surface area contributed by atoms with Crippen molar-refractivity contribution in [3.05, 3.63) is 81.6 Å². The number of thioether (sulfide) groups is 1. The quantitative estimate of drug-likeness (QED) is 0.556. The molecule has 0 radical (unpaired) electrons. The smallest absolute Gasteiger partial charge is 0.226 e. The summed E-state index contributed by atoms with van der Waals surface area (Å²) in [7, 11) is 0. The SMILES string of the molecule is O=C(Cc1csc(SCc2ccc(Cl)cc2)n1)NCc1ccc(F)cc1. The molecule has 3 aromatic rings. The highest BCUT2D eigenvalue weighted by atomic mass is 35.5. The Bertz CT molecular complexity index is 866. The predicted octanol–water partition coefficient (Wildman–Crippen LogP) is 5.09. The van der Waals surface area contributed by atoms with Crippen molar-refractivity contribution in [1.82, 2.24) is 10.3 Å². The molecule has 0 aliphatic rings. The molecule has 1 amide bonds. The molecule has 0 saturated carbocycles. The van der Waals surface area contributed by atoms with Gasteiger partial charge in [0.15, 0.2) is 0 Å². The Kier molecular flexibility index (Phi) is 6.66. The van der Waals surface area contributed by atoms with Crippen LogP contribution in [0.4, 0.5) is 4.39 Å². The lowest BCUT2D eigenvalue weighted by atomic mass is 10.2. The minimum atomic E-state index is -0.286. The zero-order valence-electron chi connectivity index (χ0n) is 13.7. The molecule has 0 aliphatic heterocycles. The van der Waals surface area contributed by atoms with Crippen molar-refractivity contribution in [2.45, 2.75) is 23.1 Å². The van der Waals surface area contributed by atoms with Gasteiger partial charge in [0.2, 0.25) is 5.91 Å². The first-order valence-corrected chi connectivity index (χ1v) is 10.2. The van der Waals surface area contributed by atoms with Gasteiger partial charge in [-0.1, -0.05) is 47.6 Å². The van der Waals surface area contributed by atoms with E-state index in [0.29, 0.717) is 6.54 Å². The summed E-state index contributed by atoms with van der Waals surface area (Å²) >= 11 is 9.05. The zero-order valence-corrected chi connectivity index (χ0v) is 16.1. The number of aromatic nitrogens is 1. The first kappa shape index (κ1) is 18.9. The Labute approximate surface area is 164 Å². The molecule has 2 aromatic carbocycles. The molecule has 26 heavy (non-hydrogen) atoms. The van der Waals surface area contributed by atoms with Crippen LogP contribution >= 0.6 is 34.7 Å². The second-order valence-electron chi connectivity index (χ2n) is 5.60. The van der Waals surface area contributed by atoms with Crippen molar-refractivity contribution < 1.29 is 9.18 Å².